The maximum Gasteiger partial charge on any atom is 0.229 e. The van der Waals surface area contributed by atoms with Gasteiger partial charge in [0.05, 0.1) is 5.92 Å². The molecule has 1 saturated heterocycles. The molecule has 2 aromatic rings. The summed E-state index contributed by atoms with van der Waals surface area (Å²) in [7, 11) is 0. The SMILES string of the molecule is Cc1ccc(CN2C[C@@H](C(=O)Nc3cccc(Cl)c3)CC2=O)cc1. The van der Waals surface area contributed by atoms with E-state index in [1.54, 1.807) is 29.2 Å². The predicted octanol–water partition coefficient (Wildman–Crippen LogP) is 3.64. The second-order valence-electron chi connectivity index (χ2n) is 6.16. The minimum atomic E-state index is -0.332. The molecule has 124 valence electrons. The Morgan fingerprint density at radius 1 is 1.25 bits per heavy atom. The van der Waals surface area contributed by atoms with Crippen LogP contribution in [0.2, 0.25) is 5.02 Å². The Hall–Kier alpha value is -2.33. The van der Waals surface area contributed by atoms with Crippen molar-refractivity contribution >= 4 is 29.1 Å². The van der Waals surface area contributed by atoms with Crippen LogP contribution in [-0.2, 0) is 16.1 Å². The van der Waals surface area contributed by atoms with E-state index in [1.165, 1.54) is 5.56 Å². The van der Waals surface area contributed by atoms with Gasteiger partial charge < -0.3 is 10.2 Å². The number of amides is 2. The zero-order valence-electron chi connectivity index (χ0n) is 13.5. The van der Waals surface area contributed by atoms with E-state index in [2.05, 4.69) is 5.32 Å². The van der Waals surface area contributed by atoms with Crippen molar-refractivity contribution in [3.05, 3.63) is 64.7 Å². The Balaban J connectivity index is 1.61. The Labute approximate surface area is 146 Å². The Morgan fingerprint density at radius 3 is 2.71 bits per heavy atom. The molecule has 0 saturated carbocycles. The number of likely N-dealkylation sites (tertiary alicyclic amines) is 1. The zero-order valence-corrected chi connectivity index (χ0v) is 14.2. The van der Waals surface area contributed by atoms with Crippen LogP contribution in [0.1, 0.15) is 17.5 Å². The van der Waals surface area contributed by atoms with Crippen molar-refractivity contribution in [2.75, 3.05) is 11.9 Å². The summed E-state index contributed by atoms with van der Waals surface area (Å²) in [6.45, 7) is 3.01. The summed E-state index contributed by atoms with van der Waals surface area (Å²) in [4.78, 5) is 26.3. The molecule has 0 spiro atoms. The molecule has 5 heteroatoms. The Kier molecular flexibility index (Phi) is 4.86. The topological polar surface area (TPSA) is 49.4 Å². The van der Waals surface area contributed by atoms with Gasteiger partial charge >= 0.3 is 0 Å². The number of nitrogens with one attached hydrogen (secondary N) is 1. The summed E-state index contributed by atoms with van der Waals surface area (Å²) in [5.74, 6) is -0.458. The van der Waals surface area contributed by atoms with Crippen molar-refractivity contribution in [1.29, 1.82) is 0 Å². The smallest absolute Gasteiger partial charge is 0.229 e. The van der Waals surface area contributed by atoms with E-state index in [0.717, 1.165) is 5.56 Å². The van der Waals surface area contributed by atoms with Crippen LogP contribution in [0.15, 0.2) is 48.5 Å². The highest BCUT2D eigenvalue weighted by molar-refractivity contribution is 6.30. The first-order chi connectivity index (χ1) is 11.5. The molecular weight excluding hydrogens is 324 g/mol. The van der Waals surface area contributed by atoms with Crippen LogP contribution >= 0.6 is 11.6 Å². The van der Waals surface area contributed by atoms with Crippen LogP contribution < -0.4 is 5.32 Å². The average molecular weight is 343 g/mol. The predicted molar refractivity (Wildman–Crippen MR) is 94.8 cm³/mol. The summed E-state index contributed by atoms with van der Waals surface area (Å²) < 4.78 is 0. The number of carbonyl (C=O) groups excluding carboxylic acids is 2. The van der Waals surface area contributed by atoms with Gasteiger partial charge in [-0.15, -0.1) is 0 Å². The van der Waals surface area contributed by atoms with E-state index in [9.17, 15) is 9.59 Å². The second kappa shape index (κ2) is 7.05. The van der Waals surface area contributed by atoms with Gasteiger partial charge in [-0.1, -0.05) is 47.5 Å². The number of rotatable bonds is 4. The summed E-state index contributed by atoms with van der Waals surface area (Å²) in [5, 5.41) is 3.40. The lowest BCUT2D eigenvalue weighted by atomic mass is 10.1. The van der Waals surface area contributed by atoms with Crippen molar-refractivity contribution in [1.82, 2.24) is 4.90 Å². The van der Waals surface area contributed by atoms with Crippen LogP contribution in [0, 0.1) is 12.8 Å². The molecule has 0 unspecified atom stereocenters. The lowest BCUT2D eigenvalue weighted by molar-refractivity contribution is -0.128. The molecule has 0 radical (unpaired) electrons. The average Bonchev–Trinajstić information content (AvgIpc) is 2.91. The molecule has 1 atom stereocenters. The van der Waals surface area contributed by atoms with Crippen LogP contribution in [-0.4, -0.2) is 23.3 Å². The van der Waals surface area contributed by atoms with Gasteiger partial charge in [0.15, 0.2) is 0 Å². The molecule has 1 aliphatic rings. The number of hydrogen-bond acceptors (Lipinski definition) is 2. The van der Waals surface area contributed by atoms with Crippen LogP contribution in [0.5, 0.6) is 0 Å². The highest BCUT2D eigenvalue weighted by Crippen LogP contribution is 2.23. The lowest BCUT2D eigenvalue weighted by Gasteiger charge is -2.17. The molecule has 2 aromatic carbocycles. The highest BCUT2D eigenvalue weighted by atomic mass is 35.5. The maximum absolute atomic E-state index is 12.4. The van der Waals surface area contributed by atoms with Gasteiger partial charge in [-0.25, -0.2) is 0 Å². The third-order valence-corrected chi connectivity index (χ3v) is 4.41. The van der Waals surface area contributed by atoms with Crippen LogP contribution in [0.25, 0.3) is 0 Å². The first-order valence-corrected chi connectivity index (χ1v) is 8.29. The quantitative estimate of drug-likeness (QED) is 0.922. The third kappa shape index (κ3) is 3.95. The number of carbonyl (C=O) groups is 2. The van der Waals surface area contributed by atoms with Crippen molar-refractivity contribution in [3.8, 4) is 0 Å². The zero-order chi connectivity index (χ0) is 17.1. The van der Waals surface area contributed by atoms with E-state index in [0.29, 0.717) is 23.8 Å². The standard InChI is InChI=1S/C19H19ClN2O2/c1-13-5-7-14(8-6-13)11-22-12-15(9-18(22)23)19(24)21-17-4-2-3-16(20)10-17/h2-8,10,15H,9,11-12H2,1H3,(H,21,24)/t15-/m0/s1. The van der Waals surface area contributed by atoms with Crippen LogP contribution in [0.3, 0.4) is 0 Å². The third-order valence-electron chi connectivity index (χ3n) is 4.17. The van der Waals surface area contributed by atoms with Crippen molar-refractivity contribution in [3.63, 3.8) is 0 Å². The maximum atomic E-state index is 12.4. The van der Waals surface area contributed by atoms with Gasteiger partial charge in [0.25, 0.3) is 0 Å². The number of nitrogens with zero attached hydrogens (tertiary/aromatic N) is 1. The number of anilines is 1. The van der Waals surface area contributed by atoms with Crippen LogP contribution in [0.4, 0.5) is 5.69 Å². The Morgan fingerprint density at radius 2 is 2.00 bits per heavy atom. The molecule has 0 aromatic heterocycles. The van der Waals surface area contributed by atoms with E-state index in [1.807, 2.05) is 31.2 Å². The number of aryl methyl sites for hydroxylation is 1. The second-order valence-corrected chi connectivity index (χ2v) is 6.60. The summed E-state index contributed by atoms with van der Waals surface area (Å²) in [6, 6.07) is 15.1. The first-order valence-electron chi connectivity index (χ1n) is 7.91. The molecule has 1 N–H and O–H groups in total. The fraction of sp³-hybridized carbons (Fsp3) is 0.263. The fourth-order valence-electron chi connectivity index (χ4n) is 2.83. The molecule has 1 heterocycles. The molecule has 0 bridgehead atoms. The van der Waals surface area contributed by atoms with E-state index >= 15 is 0 Å². The minimum Gasteiger partial charge on any atom is -0.338 e. The van der Waals surface area contributed by atoms with Gasteiger partial charge in [-0.05, 0) is 30.7 Å². The first kappa shape index (κ1) is 16.5. The van der Waals surface area contributed by atoms with Gasteiger partial charge in [0.1, 0.15) is 0 Å². The molecular formula is C19H19ClN2O2. The van der Waals surface area contributed by atoms with Gasteiger partial charge in [-0.2, -0.15) is 0 Å². The lowest BCUT2D eigenvalue weighted by Crippen LogP contribution is -2.28. The molecule has 1 fully saturated rings. The van der Waals surface area contributed by atoms with E-state index < -0.39 is 0 Å². The van der Waals surface area contributed by atoms with E-state index in [4.69, 9.17) is 11.6 Å². The summed E-state index contributed by atoms with van der Waals surface area (Å²) >= 11 is 5.92. The normalized spacial score (nSPS) is 17.2. The molecule has 1 aliphatic heterocycles. The fourth-order valence-corrected chi connectivity index (χ4v) is 3.02. The molecule has 24 heavy (non-hydrogen) atoms. The van der Waals surface area contributed by atoms with Gasteiger partial charge in [0.2, 0.25) is 11.8 Å². The largest absolute Gasteiger partial charge is 0.338 e. The Bertz CT molecular complexity index is 758. The number of benzene rings is 2. The van der Waals surface area contributed by atoms with Crippen molar-refractivity contribution in [2.45, 2.75) is 19.9 Å². The van der Waals surface area contributed by atoms with Gasteiger partial charge in [0, 0.05) is 30.2 Å². The number of hydrogen-bond donors (Lipinski definition) is 1. The van der Waals surface area contributed by atoms with E-state index in [-0.39, 0.29) is 24.2 Å². The molecule has 3 rings (SSSR count). The van der Waals surface area contributed by atoms with Gasteiger partial charge in [-0.3, -0.25) is 9.59 Å². The monoisotopic (exact) mass is 342 g/mol. The number of halogens is 1. The van der Waals surface area contributed by atoms with Crippen molar-refractivity contribution in [2.24, 2.45) is 5.92 Å². The van der Waals surface area contributed by atoms with Crippen molar-refractivity contribution < 1.29 is 9.59 Å². The molecule has 0 aliphatic carbocycles. The minimum absolute atomic E-state index is 0.0156. The highest BCUT2D eigenvalue weighted by Gasteiger charge is 2.34. The molecule has 2 amide bonds. The summed E-state index contributed by atoms with van der Waals surface area (Å²) in [6.07, 6.45) is 0.248. The molecule has 4 nitrogen and oxygen atoms in total. The summed E-state index contributed by atoms with van der Waals surface area (Å²) in [5.41, 5.74) is 2.91.